The van der Waals surface area contributed by atoms with Gasteiger partial charge in [-0.05, 0) is 37.1 Å². The molecule has 1 atom stereocenters. The van der Waals surface area contributed by atoms with E-state index < -0.39 is 0 Å². The first kappa shape index (κ1) is 18.6. The van der Waals surface area contributed by atoms with Crippen LogP contribution in [0.5, 0.6) is 5.88 Å². The molecule has 0 spiro atoms. The minimum Gasteiger partial charge on any atom is -0.481 e. The van der Waals surface area contributed by atoms with E-state index in [4.69, 9.17) is 4.74 Å². The Hall–Kier alpha value is -3.22. The Morgan fingerprint density at radius 3 is 2.70 bits per heavy atom. The summed E-state index contributed by atoms with van der Waals surface area (Å²) in [5.41, 5.74) is 2.43. The van der Waals surface area contributed by atoms with E-state index in [0.717, 1.165) is 23.4 Å². The van der Waals surface area contributed by atoms with Crippen LogP contribution in [-0.2, 0) is 6.54 Å². The third-order valence-electron chi connectivity index (χ3n) is 4.37. The Bertz CT molecular complexity index is 905. The van der Waals surface area contributed by atoms with Gasteiger partial charge in [0.1, 0.15) is 12.2 Å². The molecular formula is C20H23N5O2. The maximum Gasteiger partial charge on any atom is 0.251 e. The van der Waals surface area contributed by atoms with Gasteiger partial charge in [0.05, 0.1) is 13.2 Å². The summed E-state index contributed by atoms with van der Waals surface area (Å²) in [5.74, 6) is 1.18. The van der Waals surface area contributed by atoms with Crippen LogP contribution in [0.1, 0.15) is 42.5 Å². The predicted molar refractivity (Wildman–Crippen MR) is 102 cm³/mol. The highest BCUT2D eigenvalue weighted by molar-refractivity contribution is 5.95. The molecule has 3 rings (SSSR count). The molecule has 0 fully saturated rings. The molecule has 1 amide bonds. The zero-order valence-corrected chi connectivity index (χ0v) is 15.7. The number of ether oxygens (including phenoxy) is 1. The number of rotatable bonds is 7. The number of aromatic nitrogens is 4. The highest BCUT2D eigenvalue weighted by Crippen LogP contribution is 2.22. The fraction of sp³-hybridized carbons (Fsp3) is 0.300. The van der Waals surface area contributed by atoms with Gasteiger partial charge in [0.15, 0.2) is 0 Å². The SMILES string of the molecule is CC[C@H](NC(=O)c1cccc(-c2ccc(OC)nc2)c1)c1ncnn1CC. The molecule has 1 aromatic carbocycles. The summed E-state index contributed by atoms with van der Waals surface area (Å²) in [6.45, 7) is 4.72. The van der Waals surface area contributed by atoms with Crippen molar-refractivity contribution in [3.8, 4) is 17.0 Å². The average Bonchev–Trinajstić information content (AvgIpc) is 3.20. The lowest BCUT2D eigenvalue weighted by atomic mass is 10.0. The van der Waals surface area contributed by atoms with E-state index >= 15 is 0 Å². The van der Waals surface area contributed by atoms with Gasteiger partial charge in [0.25, 0.3) is 5.91 Å². The summed E-state index contributed by atoms with van der Waals surface area (Å²) in [4.78, 5) is 21.3. The number of methoxy groups -OCH3 is 1. The number of carbonyl (C=O) groups is 1. The summed E-state index contributed by atoms with van der Waals surface area (Å²) in [5, 5.41) is 7.25. The molecule has 0 aliphatic carbocycles. The first-order valence-electron chi connectivity index (χ1n) is 8.95. The van der Waals surface area contributed by atoms with Crippen molar-refractivity contribution in [1.82, 2.24) is 25.1 Å². The smallest absolute Gasteiger partial charge is 0.251 e. The van der Waals surface area contributed by atoms with Crippen molar-refractivity contribution in [2.75, 3.05) is 7.11 Å². The van der Waals surface area contributed by atoms with Gasteiger partial charge >= 0.3 is 0 Å². The highest BCUT2D eigenvalue weighted by Gasteiger charge is 2.19. The van der Waals surface area contributed by atoms with Crippen LogP contribution in [0.2, 0.25) is 0 Å². The van der Waals surface area contributed by atoms with Gasteiger partial charge in [-0.1, -0.05) is 19.1 Å². The van der Waals surface area contributed by atoms with Crippen molar-refractivity contribution in [3.63, 3.8) is 0 Å². The second kappa shape index (κ2) is 8.44. The van der Waals surface area contributed by atoms with Crippen molar-refractivity contribution in [3.05, 3.63) is 60.3 Å². The van der Waals surface area contributed by atoms with Crippen molar-refractivity contribution in [2.24, 2.45) is 0 Å². The fourth-order valence-corrected chi connectivity index (χ4v) is 2.89. The molecule has 0 radical (unpaired) electrons. The van der Waals surface area contributed by atoms with Gasteiger partial charge < -0.3 is 10.1 Å². The average molecular weight is 365 g/mol. The van der Waals surface area contributed by atoms with E-state index in [1.807, 2.05) is 38.1 Å². The molecule has 2 aromatic heterocycles. The Labute approximate surface area is 158 Å². The molecule has 140 valence electrons. The topological polar surface area (TPSA) is 81.9 Å². The Morgan fingerprint density at radius 1 is 1.19 bits per heavy atom. The first-order chi connectivity index (χ1) is 13.2. The minimum absolute atomic E-state index is 0.143. The third kappa shape index (κ3) is 4.13. The van der Waals surface area contributed by atoms with E-state index in [-0.39, 0.29) is 11.9 Å². The van der Waals surface area contributed by atoms with Crippen LogP contribution in [0, 0.1) is 0 Å². The number of carbonyl (C=O) groups excluding carboxylic acids is 1. The van der Waals surface area contributed by atoms with Crippen LogP contribution in [0.4, 0.5) is 0 Å². The zero-order valence-electron chi connectivity index (χ0n) is 15.7. The summed E-state index contributed by atoms with van der Waals surface area (Å²) in [6.07, 6.45) is 3.98. The number of hydrogen-bond acceptors (Lipinski definition) is 5. The summed E-state index contributed by atoms with van der Waals surface area (Å²) >= 11 is 0. The van der Waals surface area contributed by atoms with Crippen molar-refractivity contribution >= 4 is 5.91 Å². The number of pyridine rings is 1. The largest absolute Gasteiger partial charge is 0.481 e. The zero-order chi connectivity index (χ0) is 19.2. The van der Waals surface area contributed by atoms with Crippen LogP contribution in [0.25, 0.3) is 11.1 Å². The van der Waals surface area contributed by atoms with Gasteiger partial charge in [-0.3, -0.25) is 4.79 Å². The van der Waals surface area contributed by atoms with E-state index in [9.17, 15) is 4.79 Å². The lowest BCUT2D eigenvalue weighted by molar-refractivity contribution is 0.0932. The number of nitrogens with zero attached hydrogens (tertiary/aromatic N) is 4. The molecule has 0 aliphatic rings. The van der Waals surface area contributed by atoms with Crippen LogP contribution in [-0.4, -0.2) is 32.8 Å². The molecule has 27 heavy (non-hydrogen) atoms. The molecule has 0 saturated heterocycles. The van der Waals surface area contributed by atoms with Crippen LogP contribution in [0.15, 0.2) is 48.9 Å². The molecule has 0 aliphatic heterocycles. The normalized spacial score (nSPS) is 11.8. The molecule has 0 saturated carbocycles. The van der Waals surface area contributed by atoms with E-state index in [0.29, 0.717) is 18.0 Å². The first-order valence-corrected chi connectivity index (χ1v) is 8.95. The predicted octanol–water partition coefficient (Wildman–Crippen LogP) is 3.25. The molecule has 2 heterocycles. The lowest BCUT2D eigenvalue weighted by Gasteiger charge is -2.17. The highest BCUT2D eigenvalue weighted by atomic mass is 16.5. The van der Waals surface area contributed by atoms with Gasteiger partial charge in [-0.2, -0.15) is 5.10 Å². The molecule has 0 bridgehead atoms. The van der Waals surface area contributed by atoms with Gasteiger partial charge in [-0.15, -0.1) is 0 Å². The maximum atomic E-state index is 12.8. The number of aryl methyl sites for hydroxylation is 1. The summed E-state index contributed by atoms with van der Waals surface area (Å²) in [7, 11) is 1.58. The van der Waals surface area contributed by atoms with Crippen LogP contribution >= 0.6 is 0 Å². The molecule has 1 N–H and O–H groups in total. The lowest BCUT2D eigenvalue weighted by Crippen LogP contribution is -2.30. The quantitative estimate of drug-likeness (QED) is 0.695. The number of nitrogens with one attached hydrogen (secondary N) is 1. The third-order valence-corrected chi connectivity index (χ3v) is 4.37. The second-order valence-corrected chi connectivity index (χ2v) is 6.04. The van der Waals surface area contributed by atoms with Crippen LogP contribution in [0.3, 0.4) is 0 Å². The summed E-state index contributed by atoms with van der Waals surface area (Å²) in [6, 6.07) is 11.0. The Kier molecular flexibility index (Phi) is 5.80. The fourth-order valence-electron chi connectivity index (χ4n) is 2.89. The molecule has 7 nitrogen and oxygen atoms in total. The molecule has 7 heteroatoms. The summed E-state index contributed by atoms with van der Waals surface area (Å²) < 4.78 is 6.89. The molecule has 3 aromatic rings. The second-order valence-electron chi connectivity index (χ2n) is 6.04. The van der Waals surface area contributed by atoms with Crippen molar-refractivity contribution in [1.29, 1.82) is 0 Å². The molecular weight excluding hydrogens is 342 g/mol. The van der Waals surface area contributed by atoms with E-state index in [2.05, 4.69) is 20.4 Å². The Morgan fingerprint density at radius 2 is 2.04 bits per heavy atom. The van der Waals surface area contributed by atoms with Crippen molar-refractivity contribution in [2.45, 2.75) is 32.9 Å². The van der Waals surface area contributed by atoms with E-state index in [1.54, 1.807) is 30.1 Å². The number of hydrogen-bond donors (Lipinski definition) is 1. The standard InChI is InChI=1S/C20H23N5O2/c1-4-17(19-22-13-23-25(19)5-2)24-20(26)15-8-6-7-14(11-15)16-9-10-18(27-3)21-12-16/h6-13,17H,4-5H2,1-3H3,(H,24,26)/t17-/m0/s1. The molecule has 0 unspecified atom stereocenters. The van der Waals surface area contributed by atoms with Crippen molar-refractivity contribution < 1.29 is 9.53 Å². The van der Waals surface area contributed by atoms with E-state index in [1.165, 1.54) is 6.33 Å². The maximum absolute atomic E-state index is 12.8. The van der Waals surface area contributed by atoms with Gasteiger partial charge in [0.2, 0.25) is 5.88 Å². The Balaban J connectivity index is 1.80. The minimum atomic E-state index is -0.189. The van der Waals surface area contributed by atoms with Gasteiger partial charge in [0, 0.05) is 29.9 Å². The monoisotopic (exact) mass is 365 g/mol. The number of benzene rings is 1. The number of amides is 1. The van der Waals surface area contributed by atoms with Crippen LogP contribution < -0.4 is 10.1 Å². The van der Waals surface area contributed by atoms with Gasteiger partial charge in [-0.25, -0.2) is 14.6 Å².